The van der Waals surface area contributed by atoms with Crippen molar-refractivity contribution in [2.75, 3.05) is 30.7 Å². The van der Waals surface area contributed by atoms with Crippen LogP contribution in [0.15, 0.2) is 0 Å². The molecule has 1 unspecified atom stereocenters. The van der Waals surface area contributed by atoms with E-state index in [1.54, 1.807) is 0 Å². The van der Waals surface area contributed by atoms with E-state index < -0.39 is 0 Å². The standard InChI is InChI=1S/C14H24N4O2S/c1-2-7-17-14-18-12(15)11(21-14)13(19)16-8-6-10-5-3-4-9-20-10/h10H,2-9,15H2,1H3,(H,16,19)(H,17,18). The largest absolute Gasteiger partial charge is 0.382 e. The highest BCUT2D eigenvalue weighted by Crippen LogP contribution is 2.24. The van der Waals surface area contributed by atoms with E-state index in [4.69, 9.17) is 10.5 Å². The monoisotopic (exact) mass is 312 g/mol. The Morgan fingerprint density at radius 1 is 1.48 bits per heavy atom. The Morgan fingerprint density at radius 3 is 3.05 bits per heavy atom. The number of aromatic nitrogens is 1. The van der Waals surface area contributed by atoms with Crippen LogP contribution in [-0.4, -0.2) is 36.7 Å². The van der Waals surface area contributed by atoms with Crippen LogP contribution >= 0.6 is 11.3 Å². The van der Waals surface area contributed by atoms with Gasteiger partial charge in [0.15, 0.2) is 5.13 Å². The third-order valence-electron chi connectivity index (χ3n) is 3.41. The van der Waals surface area contributed by atoms with Crippen molar-refractivity contribution in [3.8, 4) is 0 Å². The predicted molar refractivity (Wildman–Crippen MR) is 85.8 cm³/mol. The lowest BCUT2D eigenvalue weighted by Gasteiger charge is -2.22. The number of ether oxygens (including phenoxy) is 1. The second-order valence-corrected chi connectivity index (χ2v) is 6.19. The molecule has 1 atom stereocenters. The second kappa shape index (κ2) is 8.19. The van der Waals surface area contributed by atoms with Crippen molar-refractivity contribution >= 4 is 28.2 Å². The van der Waals surface area contributed by atoms with Gasteiger partial charge in [-0.25, -0.2) is 4.98 Å². The number of nitrogen functional groups attached to an aromatic ring is 1. The van der Waals surface area contributed by atoms with Crippen LogP contribution in [0.2, 0.25) is 0 Å². The molecule has 0 saturated carbocycles. The van der Waals surface area contributed by atoms with Crippen LogP contribution in [0.1, 0.15) is 48.7 Å². The van der Waals surface area contributed by atoms with Crippen molar-refractivity contribution in [1.82, 2.24) is 10.3 Å². The zero-order valence-electron chi connectivity index (χ0n) is 12.5. The quantitative estimate of drug-likeness (QED) is 0.718. The molecule has 0 radical (unpaired) electrons. The molecule has 21 heavy (non-hydrogen) atoms. The Hall–Kier alpha value is -1.34. The van der Waals surface area contributed by atoms with Crippen LogP contribution in [0.3, 0.4) is 0 Å². The first-order valence-corrected chi connectivity index (χ1v) is 8.42. The summed E-state index contributed by atoms with van der Waals surface area (Å²) in [7, 11) is 0. The molecule has 1 fully saturated rings. The van der Waals surface area contributed by atoms with Crippen LogP contribution < -0.4 is 16.4 Å². The van der Waals surface area contributed by atoms with Crippen LogP contribution in [0, 0.1) is 0 Å². The number of nitrogens with one attached hydrogen (secondary N) is 2. The fourth-order valence-corrected chi connectivity index (χ4v) is 3.09. The van der Waals surface area contributed by atoms with Crippen molar-refractivity contribution in [1.29, 1.82) is 0 Å². The molecule has 1 aliphatic rings. The molecule has 1 amide bonds. The SMILES string of the molecule is CCCNc1nc(N)c(C(=O)NCCC2CCCCO2)s1. The first kappa shape index (κ1) is 16.0. The summed E-state index contributed by atoms with van der Waals surface area (Å²) in [6.07, 6.45) is 5.58. The van der Waals surface area contributed by atoms with Crippen molar-refractivity contribution < 1.29 is 9.53 Å². The Kier molecular flexibility index (Phi) is 6.25. The molecule has 2 heterocycles. The summed E-state index contributed by atoms with van der Waals surface area (Å²) in [5.74, 6) is 0.148. The van der Waals surface area contributed by atoms with E-state index in [9.17, 15) is 4.79 Å². The van der Waals surface area contributed by atoms with Gasteiger partial charge in [-0.05, 0) is 32.1 Å². The average molecular weight is 312 g/mol. The van der Waals surface area contributed by atoms with Crippen molar-refractivity contribution in [2.45, 2.75) is 45.1 Å². The summed E-state index contributed by atoms with van der Waals surface area (Å²) < 4.78 is 5.64. The molecular weight excluding hydrogens is 288 g/mol. The summed E-state index contributed by atoms with van der Waals surface area (Å²) in [4.78, 5) is 16.8. The highest BCUT2D eigenvalue weighted by atomic mass is 32.1. The van der Waals surface area contributed by atoms with E-state index in [1.165, 1.54) is 17.8 Å². The smallest absolute Gasteiger partial charge is 0.265 e. The number of rotatable bonds is 7. The van der Waals surface area contributed by atoms with Gasteiger partial charge in [0, 0.05) is 19.7 Å². The first-order chi connectivity index (χ1) is 10.2. The van der Waals surface area contributed by atoms with E-state index in [1.807, 2.05) is 0 Å². The minimum absolute atomic E-state index is 0.148. The first-order valence-electron chi connectivity index (χ1n) is 7.60. The molecule has 7 heteroatoms. The average Bonchev–Trinajstić information content (AvgIpc) is 2.87. The van der Waals surface area contributed by atoms with Gasteiger partial charge in [-0.2, -0.15) is 0 Å². The van der Waals surface area contributed by atoms with Crippen molar-refractivity contribution in [3.63, 3.8) is 0 Å². The number of carbonyl (C=O) groups is 1. The van der Waals surface area contributed by atoms with Crippen LogP contribution in [0.25, 0.3) is 0 Å². The van der Waals surface area contributed by atoms with E-state index in [2.05, 4.69) is 22.5 Å². The van der Waals surface area contributed by atoms with Gasteiger partial charge in [0.2, 0.25) is 0 Å². The Labute approximate surface area is 129 Å². The molecule has 2 rings (SSSR count). The molecule has 1 aromatic heterocycles. The van der Waals surface area contributed by atoms with E-state index in [-0.39, 0.29) is 12.0 Å². The zero-order chi connectivity index (χ0) is 15.1. The molecule has 1 saturated heterocycles. The fraction of sp³-hybridized carbons (Fsp3) is 0.714. The molecule has 118 valence electrons. The second-order valence-electron chi connectivity index (χ2n) is 5.19. The number of hydrogen-bond acceptors (Lipinski definition) is 6. The maximum atomic E-state index is 12.1. The molecule has 6 nitrogen and oxygen atoms in total. The van der Waals surface area contributed by atoms with Crippen LogP contribution in [-0.2, 0) is 4.74 Å². The van der Waals surface area contributed by atoms with Crippen molar-refractivity contribution in [3.05, 3.63) is 4.88 Å². The topological polar surface area (TPSA) is 89.3 Å². The lowest BCUT2D eigenvalue weighted by molar-refractivity contribution is 0.0117. The lowest BCUT2D eigenvalue weighted by atomic mass is 10.1. The van der Waals surface area contributed by atoms with E-state index in [0.29, 0.717) is 22.4 Å². The molecule has 4 N–H and O–H groups in total. The highest BCUT2D eigenvalue weighted by molar-refractivity contribution is 7.18. The van der Waals surface area contributed by atoms with Gasteiger partial charge in [-0.1, -0.05) is 18.3 Å². The Bertz CT molecular complexity index is 458. The third kappa shape index (κ3) is 4.86. The molecule has 0 aliphatic carbocycles. The summed E-state index contributed by atoms with van der Waals surface area (Å²) in [5, 5.41) is 6.75. The molecule has 1 aliphatic heterocycles. The van der Waals surface area contributed by atoms with Gasteiger partial charge in [0.1, 0.15) is 10.7 Å². The summed E-state index contributed by atoms with van der Waals surface area (Å²) in [6, 6.07) is 0. The van der Waals surface area contributed by atoms with E-state index in [0.717, 1.165) is 38.8 Å². The number of hydrogen-bond donors (Lipinski definition) is 3. The predicted octanol–water partition coefficient (Wildman–Crippen LogP) is 2.24. The number of anilines is 2. The number of nitrogens with two attached hydrogens (primary N) is 1. The van der Waals surface area contributed by atoms with Crippen molar-refractivity contribution in [2.24, 2.45) is 0 Å². The Morgan fingerprint density at radius 2 is 2.33 bits per heavy atom. The Balaban J connectivity index is 1.78. The highest BCUT2D eigenvalue weighted by Gasteiger charge is 2.17. The summed E-state index contributed by atoms with van der Waals surface area (Å²) in [6.45, 7) is 4.35. The minimum Gasteiger partial charge on any atom is -0.382 e. The van der Waals surface area contributed by atoms with Gasteiger partial charge < -0.3 is 21.1 Å². The molecule has 0 bridgehead atoms. The number of carbonyl (C=O) groups excluding carboxylic acids is 1. The fourth-order valence-electron chi connectivity index (χ4n) is 2.26. The van der Waals surface area contributed by atoms with Gasteiger partial charge in [0.25, 0.3) is 5.91 Å². The number of thiazole rings is 1. The molecule has 0 spiro atoms. The molecule has 0 aromatic carbocycles. The van der Waals surface area contributed by atoms with E-state index >= 15 is 0 Å². The lowest BCUT2D eigenvalue weighted by Crippen LogP contribution is -2.29. The summed E-state index contributed by atoms with van der Waals surface area (Å²) >= 11 is 1.30. The number of nitrogens with zero attached hydrogens (tertiary/aromatic N) is 1. The summed E-state index contributed by atoms with van der Waals surface area (Å²) in [5.41, 5.74) is 5.80. The normalized spacial score (nSPS) is 18.4. The zero-order valence-corrected chi connectivity index (χ0v) is 13.3. The maximum absolute atomic E-state index is 12.1. The minimum atomic E-state index is -0.148. The van der Waals surface area contributed by atoms with Crippen LogP contribution in [0.4, 0.5) is 10.9 Å². The van der Waals surface area contributed by atoms with Gasteiger partial charge >= 0.3 is 0 Å². The molecule has 1 aromatic rings. The van der Waals surface area contributed by atoms with Crippen LogP contribution in [0.5, 0.6) is 0 Å². The number of amides is 1. The molecular formula is C14H24N4O2S. The third-order valence-corrected chi connectivity index (χ3v) is 4.44. The maximum Gasteiger partial charge on any atom is 0.265 e. The van der Waals surface area contributed by atoms with Gasteiger partial charge in [-0.15, -0.1) is 0 Å². The van der Waals surface area contributed by atoms with Gasteiger partial charge in [0.05, 0.1) is 6.10 Å². The van der Waals surface area contributed by atoms with Gasteiger partial charge in [-0.3, -0.25) is 4.79 Å².